The summed E-state index contributed by atoms with van der Waals surface area (Å²) in [4.78, 5) is 36.9. The van der Waals surface area contributed by atoms with E-state index in [4.69, 9.17) is 0 Å². The maximum atomic E-state index is 12.0. The molecule has 0 aromatic heterocycles. The molecule has 1 aromatic carbocycles. The van der Waals surface area contributed by atoms with Gasteiger partial charge in [0.1, 0.15) is 6.54 Å². The second-order valence-corrected chi connectivity index (χ2v) is 6.28. The average molecular weight is 292 g/mol. The summed E-state index contributed by atoms with van der Waals surface area (Å²) in [5.41, 5.74) is 0.643. The number of para-hydroxylation sites is 1. The number of carbonyl (C=O) groups is 3. The van der Waals surface area contributed by atoms with Crippen molar-refractivity contribution in [3.63, 3.8) is 0 Å². The molecule has 2 atom stereocenters. The fourth-order valence-electron chi connectivity index (χ4n) is 1.99. The molecule has 20 heavy (non-hydrogen) atoms. The van der Waals surface area contributed by atoms with Crippen molar-refractivity contribution in [1.82, 2.24) is 4.90 Å². The van der Waals surface area contributed by atoms with Crippen LogP contribution >= 0.6 is 11.8 Å². The molecular weight excluding hydrogens is 276 g/mol. The third-order valence-corrected chi connectivity index (χ3v) is 4.21. The molecule has 2 rings (SSSR count). The van der Waals surface area contributed by atoms with Gasteiger partial charge in [-0.2, -0.15) is 0 Å². The maximum Gasteiger partial charge on any atom is 0.244 e. The lowest BCUT2D eigenvalue weighted by Gasteiger charge is -2.31. The second kappa shape index (κ2) is 6.09. The molecule has 0 spiro atoms. The maximum absolute atomic E-state index is 12.0. The number of nitrogens with one attached hydrogen (secondary N) is 1. The van der Waals surface area contributed by atoms with Crippen LogP contribution < -0.4 is 5.32 Å². The van der Waals surface area contributed by atoms with Gasteiger partial charge in [0.15, 0.2) is 0 Å². The number of imide groups is 1. The van der Waals surface area contributed by atoms with Gasteiger partial charge in [-0.3, -0.25) is 19.3 Å². The Labute approximate surface area is 121 Å². The number of hydrogen-bond acceptors (Lipinski definition) is 4. The topological polar surface area (TPSA) is 66.5 Å². The van der Waals surface area contributed by atoms with Crippen LogP contribution in [0.25, 0.3) is 0 Å². The minimum absolute atomic E-state index is 0.234. The highest BCUT2D eigenvalue weighted by Gasteiger charge is 2.37. The first-order chi connectivity index (χ1) is 9.49. The Kier molecular flexibility index (Phi) is 4.44. The number of thioether (sulfide) groups is 1. The molecule has 0 radical (unpaired) electrons. The molecule has 1 aliphatic heterocycles. The molecule has 1 N–H and O–H groups in total. The first-order valence-corrected chi connectivity index (χ1v) is 7.29. The number of amides is 3. The molecule has 0 saturated carbocycles. The normalized spacial score (nSPS) is 22.8. The van der Waals surface area contributed by atoms with Gasteiger partial charge in [0.2, 0.25) is 17.7 Å². The van der Waals surface area contributed by atoms with E-state index in [-0.39, 0.29) is 34.8 Å². The number of anilines is 1. The number of carbonyl (C=O) groups excluding carboxylic acids is 3. The SMILES string of the molecule is CC1SC(C)C(=O)N(CC(=O)Nc2ccccc2)C1=O. The van der Waals surface area contributed by atoms with Crippen molar-refractivity contribution in [2.24, 2.45) is 0 Å². The lowest BCUT2D eigenvalue weighted by molar-refractivity contribution is -0.147. The van der Waals surface area contributed by atoms with Crippen LogP contribution in [0.5, 0.6) is 0 Å². The molecular formula is C14H16N2O3S. The zero-order chi connectivity index (χ0) is 14.7. The molecule has 5 nitrogen and oxygen atoms in total. The van der Waals surface area contributed by atoms with Gasteiger partial charge in [0.05, 0.1) is 10.5 Å². The van der Waals surface area contributed by atoms with Gasteiger partial charge in [-0.15, -0.1) is 11.8 Å². The van der Waals surface area contributed by atoms with Crippen LogP contribution in [-0.4, -0.2) is 39.7 Å². The molecule has 6 heteroatoms. The fraction of sp³-hybridized carbons (Fsp3) is 0.357. The van der Waals surface area contributed by atoms with Crippen LogP contribution in [0, 0.1) is 0 Å². The van der Waals surface area contributed by atoms with E-state index in [1.807, 2.05) is 6.07 Å². The van der Waals surface area contributed by atoms with Crippen molar-refractivity contribution < 1.29 is 14.4 Å². The summed E-state index contributed by atoms with van der Waals surface area (Å²) in [6.07, 6.45) is 0. The Morgan fingerprint density at radius 2 is 1.70 bits per heavy atom. The largest absolute Gasteiger partial charge is 0.325 e. The smallest absolute Gasteiger partial charge is 0.244 e. The van der Waals surface area contributed by atoms with Crippen molar-refractivity contribution in [2.75, 3.05) is 11.9 Å². The van der Waals surface area contributed by atoms with E-state index in [9.17, 15) is 14.4 Å². The van der Waals surface area contributed by atoms with Crippen LogP contribution in [0.4, 0.5) is 5.69 Å². The summed E-state index contributed by atoms with van der Waals surface area (Å²) in [5.74, 6) is -0.980. The first kappa shape index (κ1) is 14.6. The van der Waals surface area contributed by atoms with Crippen molar-refractivity contribution in [2.45, 2.75) is 24.3 Å². The second-order valence-electron chi connectivity index (χ2n) is 4.60. The Hall–Kier alpha value is -1.82. The molecule has 0 bridgehead atoms. The highest BCUT2D eigenvalue weighted by atomic mass is 32.2. The standard InChI is InChI=1S/C14H16N2O3S/c1-9-13(18)16(14(19)10(2)20-9)8-12(17)15-11-6-4-3-5-7-11/h3-7,9-10H,8H2,1-2H3,(H,15,17). The number of benzene rings is 1. The van der Waals surface area contributed by atoms with Crippen LogP contribution in [-0.2, 0) is 14.4 Å². The third kappa shape index (κ3) is 3.19. The molecule has 1 aliphatic rings. The van der Waals surface area contributed by atoms with E-state index >= 15 is 0 Å². The van der Waals surface area contributed by atoms with E-state index in [0.717, 1.165) is 4.90 Å². The Bertz CT molecular complexity index is 512. The van der Waals surface area contributed by atoms with Gasteiger partial charge in [-0.1, -0.05) is 18.2 Å². The Morgan fingerprint density at radius 3 is 2.25 bits per heavy atom. The zero-order valence-electron chi connectivity index (χ0n) is 11.3. The summed E-state index contributed by atoms with van der Waals surface area (Å²) < 4.78 is 0. The van der Waals surface area contributed by atoms with Gasteiger partial charge < -0.3 is 5.32 Å². The summed E-state index contributed by atoms with van der Waals surface area (Å²) in [6.45, 7) is 3.26. The third-order valence-electron chi connectivity index (χ3n) is 3.00. The van der Waals surface area contributed by atoms with Gasteiger partial charge in [-0.25, -0.2) is 0 Å². The minimum Gasteiger partial charge on any atom is -0.325 e. The molecule has 0 aliphatic carbocycles. The van der Waals surface area contributed by atoms with E-state index in [2.05, 4.69) is 5.32 Å². The van der Waals surface area contributed by atoms with E-state index < -0.39 is 0 Å². The number of rotatable bonds is 3. The predicted molar refractivity (Wildman–Crippen MR) is 78.3 cm³/mol. The summed E-state index contributed by atoms with van der Waals surface area (Å²) in [6, 6.07) is 8.94. The van der Waals surface area contributed by atoms with Gasteiger partial charge >= 0.3 is 0 Å². The van der Waals surface area contributed by atoms with Crippen LogP contribution in [0.1, 0.15) is 13.8 Å². The molecule has 2 unspecified atom stereocenters. The first-order valence-electron chi connectivity index (χ1n) is 6.34. The van der Waals surface area contributed by atoms with Crippen molar-refractivity contribution in [3.8, 4) is 0 Å². The summed E-state index contributed by atoms with van der Waals surface area (Å²) in [5, 5.41) is 2.07. The van der Waals surface area contributed by atoms with Crippen LogP contribution in [0.15, 0.2) is 30.3 Å². The highest BCUT2D eigenvalue weighted by Crippen LogP contribution is 2.26. The van der Waals surface area contributed by atoms with Gasteiger partial charge in [0.25, 0.3) is 0 Å². The molecule has 106 valence electrons. The van der Waals surface area contributed by atoms with E-state index in [1.165, 1.54) is 11.8 Å². The van der Waals surface area contributed by atoms with E-state index in [0.29, 0.717) is 5.69 Å². The molecule has 1 saturated heterocycles. The fourth-order valence-corrected chi connectivity index (χ4v) is 3.09. The van der Waals surface area contributed by atoms with Crippen LogP contribution in [0.2, 0.25) is 0 Å². The Morgan fingerprint density at radius 1 is 1.15 bits per heavy atom. The summed E-state index contributed by atoms with van der Waals surface area (Å²) in [7, 11) is 0. The van der Waals surface area contributed by atoms with Crippen LogP contribution in [0.3, 0.4) is 0 Å². The Balaban J connectivity index is 2.02. The number of hydrogen-bond donors (Lipinski definition) is 1. The van der Waals surface area contributed by atoms with Crippen molar-refractivity contribution >= 4 is 35.2 Å². The molecule has 1 fully saturated rings. The quantitative estimate of drug-likeness (QED) is 0.858. The average Bonchev–Trinajstić information content (AvgIpc) is 2.42. The molecule has 3 amide bonds. The predicted octanol–water partition coefficient (Wildman–Crippen LogP) is 1.50. The summed E-state index contributed by atoms with van der Waals surface area (Å²) >= 11 is 1.32. The molecule has 1 aromatic rings. The van der Waals surface area contributed by atoms with Gasteiger partial charge in [0, 0.05) is 5.69 Å². The van der Waals surface area contributed by atoms with Crippen molar-refractivity contribution in [3.05, 3.63) is 30.3 Å². The lowest BCUT2D eigenvalue weighted by atomic mass is 10.3. The lowest BCUT2D eigenvalue weighted by Crippen LogP contribution is -2.52. The minimum atomic E-state index is -0.371. The number of nitrogens with zero attached hydrogens (tertiary/aromatic N) is 1. The molecule has 1 heterocycles. The van der Waals surface area contributed by atoms with Crippen molar-refractivity contribution in [1.29, 1.82) is 0 Å². The highest BCUT2D eigenvalue weighted by molar-refractivity contribution is 8.02. The van der Waals surface area contributed by atoms with E-state index in [1.54, 1.807) is 38.1 Å². The van der Waals surface area contributed by atoms with Gasteiger partial charge in [-0.05, 0) is 26.0 Å². The monoisotopic (exact) mass is 292 g/mol. The zero-order valence-corrected chi connectivity index (χ0v) is 12.1.